The molecule has 0 aliphatic carbocycles. The first kappa shape index (κ1) is 10.5. The Hall–Kier alpha value is -0.620. The van der Waals surface area contributed by atoms with Crippen molar-refractivity contribution in [2.45, 2.75) is 6.92 Å². The summed E-state index contributed by atoms with van der Waals surface area (Å²) in [5, 5.41) is 0. The molecule has 0 amide bonds. The van der Waals surface area contributed by atoms with Crippen LogP contribution in [-0.2, 0) is 10.0 Å². The molecule has 4 nitrogen and oxygen atoms in total. The van der Waals surface area contributed by atoms with Crippen molar-refractivity contribution < 1.29 is 13.2 Å². The summed E-state index contributed by atoms with van der Waals surface area (Å²) in [7, 11) is -3.33. The van der Waals surface area contributed by atoms with Crippen LogP contribution in [0.15, 0.2) is 16.9 Å². The van der Waals surface area contributed by atoms with E-state index in [9.17, 15) is 13.2 Å². The van der Waals surface area contributed by atoms with E-state index in [0.29, 0.717) is 10.2 Å². The van der Waals surface area contributed by atoms with Crippen molar-refractivity contribution in [1.82, 2.24) is 3.97 Å². The van der Waals surface area contributed by atoms with Crippen LogP contribution in [0.3, 0.4) is 0 Å². The largest absolute Gasteiger partial charge is 0.294 e. The van der Waals surface area contributed by atoms with Gasteiger partial charge in [0.2, 0.25) is 10.0 Å². The molecule has 0 aromatic carbocycles. The van der Waals surface area contributed by atoms with Gasteiger partial charge in [-0.1, -0.05) is 0 Å². The predicted molar refractivity (Wildman–Crippen MR) is 52.4 cm³/mol. The average Bonchev–Trinajstić information content (AvgIpc) is 2.29. The van der Waals surface area contributed by atoms with Crippen LogP contribution < -0.4 is 0 Å². The molecule has 72 valence electrons. The van der Waals surface area contributed by atoms with Crippen LogP contribution in [0.5, 0.6) is 0 Å². The van der Waals surface area contributed by atoms with Crippen molar-refractivity contribution in [3.8, 4) is 0 Å². The molecule has 0 aliphatic rings. The Balaban J connectivity index is 3.35. The van der Waals surface area contributed by atoms with Crippen molar-refractivity contribution in [2.24, 2.45) is 0 Å². The van der Waals surface area contributed by atoms with Crippen LogP contribution in [0.1, 0.15) is 17.3 Å². The van der Waals surface area contributed by atoms with Crippen LogP contribution in [0.4, 0.5) is 0 Å². The molecule has 0 radical (unpaired) electrons. The first-order valence-corrected chi connectivity index (χ1v) is 6.06. The van der Waals surface area contributed by atoms with Gasteiger partial charge in [0.15, 0.2) is 5.78 Å². The Morgan fingerprint density at radius 3 is 2.31 bits per heavy atom. The average molecular weight is 266 g/mol. The van der Waals surface area contributed by atoms with Gasteiger partial charge in [0.25, 0.3) is 0 Å². The van der Waals surface area contributed by atoms with Gasteiger partial charge in [-0.3, -0.25) is 4.79 Å². The van der Waals surface area contributed by atoms with Crippen molar-refractivity contribution >= 4 is 31.7 Å². The molecule has 0 atom stereocenters. The van der Waals surface area contributed by atoms with Crippen molar-refractivity contribution in [3.05, 3.63) is 22.4 Å². The standard InChI is InChI=1S/C7H8BrNO3S/c1-5(10)6-3-7(8)9(4-6)13(2,11)12/h3-4H,1-2H3. The Labute approximate surface area is 84.7 Å². The zero-order valence-corrected chi connectivity index (χ0v) is 9.52. The predicted octanol–water partition coefficient (Wildman–Crippen LogP) is 1.26. The topological polar surface area (TPSA) is 56.1 Å². The van der Waals surface area contributed by atoms with Gasteiger partial charge in [-0.05, 0) is 28.9 Å². The monoisotopic (exact) mass is 265 g/mol. The minimum atomic E-state index is -3.33. The SMILES string of the molecule is CC(=O)c1cc(Br)n(S(C)(=O)=O)c1. The molecule has 1 aromatic heterocycles. The van der Waals surface area contributed by atoms with E-state index in [-0.39, 0.29) is 5.78 Å². The lowest BCUT2D eigenvalue weighted by atomic mass is 10.2. The van der Waals surface area contributed by atoms with Gasteiger partial charge in [-0.25, -0.2) is 12.4 Å². The number of hydrogen-bond donors (Lipinski definition) is 0. The fourth-order valence-corrected chi connectivity index (χ4v) is 2.68. The number of hydrogen-bond acceptors (Lipinski definition) is 3. The molecule has 0 spiro atoms. The number of halogens is 1. The lowest BCUT2D eigenvalue weighted by molar-refractivity contribution is 0.101. The Morgan fingerprint density at radius 2 is 2.08 bits per heavy atom. The summed E-state index contributed by atoms with van der Waals surface area (Å²) in [6, 6.07) is 1.48. The molecule has 1 aromatic rings. The van der Waals surface area contributed by atoms with Crippen LogP contribution in [0, 0.1) is 0 Å². The summed E-state index contributed by atoms with van der Waals surface area (Å²) in [6.45, 7) is 1.38. The third-order valence-corrected chi connectivity index (χ3v) is 3.37. The summed E-state index contributed by atoms with van der Waals surface area (Å²) in [5.74, 6) is -0.164. The molecular formula is C7H8BrNO3S. The quantitative estimate of drug-likeness (QED) is 0.757. The van der Waals surface area contributed by atoms with E-state index in [1.54, 1.807) is 0 Å². The third-order valence-electron chi connectivity index (χ3n) is 1.51. The Bertz CT molecular complexity index is 446. The normalized spacial score (nSPS) is 11.6. The van der Waals surface area contributed by atoms with E-state index >= 15 is 0 Å². The summed E-state index contributed by atoms with van der Waals surface area (Å²) in [5.41, 5.74) is 0.373. The zero-order chi connectivity index (χ0) is 10.2. The second kappa shape index (κ2) is 3.26. The molecule has 0 bridgehead atoms. The van der Waals surface area contributed by atoms with E-state index in [0.717, 1.165) is 10.2 Å². The van der Waals surface area contributed by atoms with E-state index in [1.807, 2.05) is 0 Å². The number of rotatable bonds is 2. The number of aromatic nitrogens is 1. The highest BCUT2D eigenvalue weighted by Gasteiger charge is 2.13. The molecule has 0 fully saturated rings. The van der Waals surface area contributed by atoms with Gasteiger partial charge in [-0.2, -0.15) is 0 Å². The van der Waals surface area contributed by atoms with Crippen LogP contribution in [-0.4, -0.2) is 24.4 Å². The maximum Gasteiger partial charge on any atom is 0.236 e. The van der Waals surface area contributed by atoms with Gasteiger partial charge in [0, 0.05) is 11.8 Å². The second-order valence-electron chi connectivity index (χ2n) is 2.67. The molecule has 13 heavy (non-hydrogen) atoms. The van der Waals surface area contributed by atoms with Gasteiger partial charge < -0.3 is 0 Å². The molecule has 0 aliphatic heterocycles. The number of nitrogens with zero attached hydrogens (tertiary/aromatic N) is 1. The molecule has 6 heteroatoms. The highest BCUT2D eigenvalue weighted by Crippen LogP contribution is 2.17. The van der Waals surface area contributed by atoms with Crippen molar-refractivity contribution in [1.29, 1.82) is 0 Å². The Morgan fingerprint density at radius 1 is 1.54 bits per heavy atom. The third kappa shape index (κ3) is 2.19. The summed E-state index contributed by atoms with van der Waals surface area (Å²) < 4.78 is 23.6. The molecule has 1 heterocycles. The molecular weight excluding hydrogens is 258 g/mol. The van der Waals surface area contributed by atoms with Crippen LogP contribution in [0.25, 0.3) is 0 Å². The lowest BCUT2D eigenvalue weighted by Crippen LogP contribution is -2.08. The molecule has 0 unspecified atom stereocenters. The van der Waals surface area contributed by atoms with Crippen molar-refractivity contribution in [3.63, 3.8) is 0 Å². The highest BCUT2D eigenvalue weighted by molar-refractivity contribution is 9.10. The smallest absolute Gasteiger partial charge is 0.236 e. The number of carbonyl (C=O) groups excluding carboxylic acids is 1. The lowest BCUT2D eigenvalue weighted by Gasteiger charge is -1.98. The zero-order valence-electron chi connectivity index (χ0n) is 7.11. The number of Topliss-reactive ketones (excluding diaryl/α,β-unsaturated/α-hetero) is 1. The van der Waals surface area contributed by atoms with Crippen LogP contribution in [0.2, 0.25) is 0 Å². The first-order chi connectivity index (χ1) is 5.82. The van der Waals surface area contributed by atoms with Gasteiger partial charge in [0.1, 0.15) is 4.60 Å². The fraction of sp³-hybridized carbons (Fsp3) is 0.286. The fourth-order valence-electron chi connectivity index (χ4n) is 0.864. The maximum atomic E-state index is 11.1. The summed E-state index contributed by atoms with van der Waals surface area (Å²) >= 11 is 3.05. The van der Waals surface area contributed by atoms with E-state index in [2.05, 4.69) is 15.9 Å². The van der Waals surface area contributed by atoms with E-state index < -0.39 is 10.0 Å². The van der Waals surface area contributed by atoms with Crippen molar-refractivity contribution in [2.75, 3.05) is 6.26 Å². The molecule has 0 saturated carbocycles. The molecule has 0 saturated heterocycles. The summed E-state index contributed by atoms with van der Waals surface area (Å²) in [4.78, 5) is 10.9. The minimum absolute atomic E-state index is 0.164. The number of ketones is 1. The Kier molecular flexibility index (Phi) is 2.63. The first-order valence-electron chi connectivity index (χ1n) is 3.42. The summed E-state index contributed by atoms with van der Waals surface area (Å²) in [6.07, 6.45) is 2.36. The second-order valence-corrected chi connectivity index (χ2v) is 5.34. The number of carbonyl (C=O) groups is 1. The minimum Gasteiger partial charge on any atom is -0.294 e. The van der Waals surface area contributed by atoms with E-state index in [1.165, 1.54) is 19.2 Å². The highest BCUT2D eigenvalue weighted by atomic mass is 79.9. The van der Waals surface area contributed by atoms with Gasteiger partial charge >= 0.3 is 0 Å². The molecule has 0 N–H and O–H groups in total. The van der Waals surface area contributed by atoms with Crippen LogP contribution >= 0.6 is 15.9 Å². The van der Waals surface area contributed by atoms with E-state index in [4.69, 9.17) is 0 Å². The van der Waals surface area contributed by atoms with Gasteiger partial charge in [-0.15, -0.1) is 0 Å². The maximum absolute atomic E-state index is 11.1. The van der Waals surface area contributed by atoms with Gasteiger partial charge in [0.05, 0.1) is 6.26 Å². The molecule has 1 rings (SSSR count).